The van der Waals surface area contributed by atoms with Crippen LogP contribution in [-0.2, 0) is 22.5 Å². The van der Waals surface area contributed by atoms with Crippen molar-refractivity contribution in [2.24, 2.45) is 0 Å². The van der Waals surface area contributed by atoms with Crippen LogP contribution >= 0.6 is 11.3 Å². The normalized spacial score (nSPS) is 10.6. The van der Waals surface area contributed by atoms with Crippen molar-refractivity contribution in [2.45, 2.75) is 40.2 Å². The van der Waals surface area contributed by atoms with Crippen LogP contribution in [0.15, 0.2) is 12.4 Å². The van der Waals surface area contributed by atoms with Crippen LogP contribution in [0.1, 0.15) is 51.4 Å². The molecule has 0 saturated carbocycles. The number of carboxylic acid groups (broad SMARTS) is 1. The van der Waals surface area contributed by atoms with E-state index in [0.717, 1.165) is 10.4 Å². The van der Waals surface area contributed by atoms with Gasteiger partial charge in [0.05, 0.1) is 23.9 Å². The Kier molecular flexibility index (Phi) is 6.51. The molecule has 0 aliphatic carbocycles. The van der Waals surface area contributed by atoms with Crippen LogP contribution < -0.4 is 5.32 Å². The predicted molar refractivity (Wildman–Crippen MR) is 96.8 cm³/mol. The van der Waals surface area contributed by atoms with Gasteiger partial charge < -0.3 is 15.2 Å². The molecule has 0 aromatic carbocycles. The summed E-state index contributed by atoms with van der Waals surface area (Å²) in [5.74, 6) is -1.80. The smallest absolute Gasteiger partial charge is 0.341 e. The summed E-state index contributed by atoms with van der Waals surface area (Å²) in [5.41, 5.74) is 1.36. The highest BCUT2D eigenvalue weighted by Crippen LogP contribution is 2.34. The summed E-state index contributed by atoms with van der Waals surface area (Å²) in [5, 5.41) is 16.0. The van der Waals surface area contributed by atoms with Crippen molar-refractivity contribution >= 4 is 34.2 Å². The number of aromatic carboxylic acids is 1. The van der Waals surface area contributed by atoms with Gasteiger partial charge in [0.15, 0.2) is 0 Å². The minimum absolute atomic E-state index is 0.0662. The van der Waals surface area contributed by atoms with Crippen molar-refractivity contribution in [3.63, 3.8) is 0 Å². The molecule has 2 N–H and O–H groups in total. The van der Waals surface area contributed by atoms with Crippen molar-refractivity contribution in [1.82, 2.24) is 9.78 Å². The van der Waals surface area contributed by atoms with Gasteiger partial charge in [-0.15, -0.1) is 11.3 Å². The van der Waals surface area contributed by atoms with Crippen molar-refractivity contribution in [3.8, 4) is 0 Å². The number of aromatic nitrogens is 2. The van der Waals surface area contributed by atoms with E-state index in [1.54, 1.807) is 6.92 Å². The van der Waals surface area contributed by atoms with Crippen molar-refractivity contribution in [2.75, 3.05) is 11.9 Å². The molecule has 1 amide bonds. The Bertz CT molecular complexity index is 824. The van der Waals surface area contributed by atoms with Crippen LogP contribution in [-0.4, -0.2) is 39.3 Å². The summed E-state index contributed by atoms with van der Waals surface area (Å²) in [6.45, 7) is 6.07. The Morgan fingerprint density at radius 1 is 1.35 bits per heavy atom. The number of rotatable bonds is 8. The van der Waals surface area contributed by atoms with Gasteiger partial charge in [0.2, 0.25) is 5.91 Å². The monoisotopic (exact) mass is 379 g/mol. The Morgan fingerprint density at radius 2 is 2.08 bits per heavy atom. The van der Waals surface area contributed by atoms with Gasteiger partial charge in [0.25, 0.3) is 0 Å². The van der Waals surface area contributed by atoms with Crippen LogP contribution in [0.4, 0.5) is 5.00 Å². The van der Waals surface area contributed by atoms with Crippen molar-refractivity contribution < 1.29 is 24.2 Å². The van der Waals surface area contributed by atoms with Gasteiger partial charge in [0, 0.05) is 24.0 Å². The molecular formula is C17H21N3O5S. The number of aryl methyl sites for hydroxylation is 2. The molecule has 0 bridgehead atoms. The Labute approximate surface area is 154 Å². The van der Waals surface area contributed by atoms with E-state index in [4.69, 9.17) is 9.84 Å². The number of hydrogen-bond donors (Lipinski definition) is 2. The number of thiophene rings is 1. The van der Waals surface area contributed by atoms with Crippen LogP contribution in [0.3, 0.4) is 0 Å². The van der Waals surface area contributed by atoms with Gasteiger partial charge in [-0.1, -0.05) is 6.92 Å². The first-order chi connectivity index (χ1) is 12.4. The Balaban J connectivity index is 2.08. The van der Waals surface area contributed by atoms with E-state index >= 15 is 0 Å². The molecule has 0 spiro atoms. The number of anilines is 1. The molecule has 2 aromatic rings. The summed E-state index contributed by atoms with van der Waals surface area (Å²) in [6.07, 6.45) is 3.36. The van der Waals surface area contributed by atoms with Gasteiger partial charge in [-0.3, -0.25) is 9.48 Å². The molecule has 2 heterocycles. The van der Waals surface area contributed by atoms with E-state index in [1.807, 2.05) is 13.8 Å². The van der Waals surface area contributed by atoms with Crippen molar-refractivity contribution in [3.05, 3.63) is 34.0 Å². The highest BCUT2D eigenvalue weighted by atomic mass is 32.1. The molecule has 140 valence electrons. The third-order valence-corrected chi connectivity index (χ3v) is 4.81. The second kappa shape index (κ2) is 8.61. The molecule has 0 saturated heterocycles. The van der Waals surface area contributed by atoms with Crippen LogP contribution in [0.2, 0.25) is 0 Å². The number of hydrogen-bond acceptors (Lipinski definition) is 6. The minimum Gasteiger partial charge on any atom is -0.478 e. The second-order valence-electron chi connectivity index (χ2n) is 5.51. The maximum absolute atomic E-state index is 12.3. The average Bonchev–Trinajstić information content (AvgIpc) is 3.17. The van der Waals surface area contributed by atoms with Gasteiger partial charge in [-0.2, -0.15) is 5.10 Å². The topological polar surface area (TPSA) is 111 Å². The standard InChI is InChI=1S/C17H21N3O5S/c1-4-12-10(3)26-15(14(12)17(24)25-5-2)19-13(21)6-7-20-9-11(8-18-20)16(22)23/h8-9H,4-7H2,1-3H3,(H,19,21)(H,22,23). The van der Waals surface area contributed by atoms with Gasteiger partial charge in [-0.05, 0) is 25.8 Å². The molecule has 0 fully saturated rings. The summed E-state index contributed by atoms with van der Waals surface area (Å²) in [7, 11) is 0. The Hall–Kier alpha value is -2.68. The van der Waals surface area contributed by atoms with Gasteiger partial charge in [-0.25, -0.2) is 9.59 Å². The van der Waals surface area contributed by atoms with Crippen molar-refractivity contribution in [1.29, 1.82) is 0 Å². The highest BCUT2D eigenvalue weighted by molar-refractivity contribution is 7.16. The fourth-order valence-electron chi connectivity index (χ4n) is 2.51. The lowest BCUT2D eigenvalue weighted by molar-refractivity contribution is -0.116. The average molecular weight is 379 g/mol. The van der Waals surface area contributed by atoms with E-state index in [1.165, 1.54) is 28.4 Å². The molecule has 9 heteroatoms. The van der Waals surface area contributed by atoms with E-state index in [2.05, 4.69) is 10.4 Å². The third-order valence-electron chi connectivity index (χ3n) is 3.74. The second-order valence-corrected chi connectivity index (χ2v) is 6.74. The number of carboxylic acids is 1. The molecule has 26 heavy (non-hydrogen) atoms. The molecule has 8 nitrogen and oxygen atoms in total. The van der Waals surface area contributed by atoms with E-state index < -0.39 is 11.9 Å². The first-order valence-corrected chi connectivity index (χ1v) is 9.03. The van der Waals surface area contributed by atoms with Gasteiger partial charge in [0.1, 0.15) is 5.00 Å². The molecule has 2 rings (SSSR count). The number of carbonyl (C=O) groups is 3. The van der Waals surface area contributed by atoms with E-state index in [9.17, 15) is 14.4 Å². The first kappa shape index (κ1) is 19.6. The quantitative estimate of drug-likeness (QED) is 0.682. The summed E-state index contributed by atoms with van der Waals surface area (Å²) >= 11 is 1.34. The first-order valence-electron chi connectivity index (χ1n) is 8.22. The molecule has 0 atom stereocenters. The lowest BCUT2D eigenvalue weighted by Gasteiger charge is -2.08. The Morgan fingerprint density at radius 3 is 2.65 bits per heavy atom. The zero-order chi connectivity index (χ0) is 19.3. The van der Waals surface area contributed by atoms with E-state index in [-0.39, 0.29) is 31.0 Å². The summed E-state index contributed by atoms with van der Waals surface area (Å²) in [4.78, 5) is 36.3. The summed E-state index contributed by atoms with van der Waals surface area (Å²) < 4.78 is 6.50. The number of amides is 1. The number of carbonyl (C=O) groups excluding carboxylic acids is 2. The van der Waals surface area contributed by atoms with Gasteiger partial charge >= 0.3 is 11.9 Å². The lowest BCUT2D eigenvalue weighted by atomic mass is 10.1. The fraction of sp³-hybridized carbons (Fsp3) is 0.412. The molecule has 0 aliphatic heterocycles. The molecule has 0 unspecified atom stereocenters. The lowest BCUT2D eigenvalue weighted by Crippen LogP contribution is -2.17. The number of esters is 1. The molecule has 0 radical (unpaired) electrons. The molecular weight excluding hydrogens is 358 g/mol. The zero-order valence-electron chi connectivity index (χ0n) is 14.9. The largest absolute Gasteiger partial charge is 0.478 e. The molecule has 2 aromatic heterocycles. The maximum atomic E-state index is 12.3. The number of ether oxygens (including phenoxy) is 1. The fourth-order valence-corrected chi connectivity index (χ4v) is 3.66. The van der Waals surface area contributed by atoms with Crippen LogP contribution in [0, 0.1) is 6.92 Å². The van der Waals surface area contributed by atoms with Crippen LogP contribution in [0.5, 0.6) is 0 Å². The zero-order valence-corrected chi connectivity index (χ0v) is 15.7. The third kappa shape index (κ3) is 4.48. The predicted octanol–water partition coefficient (Wildman–Crippen LogP) is 2.72. The summed E-state index contributed by atoms with van der Waals surface area (Å²) in [6, 6.07) is 0. The highest BCUT2D eigenvalue weighted by Gasteiger charge is 2.23. The SMILES string of the molecule is CCOC(=O)c1c(NC(=O)CCn2cc(C(=O)O)cn2)sc(C)c1CC. The number of nitrogens with one attached hydrogen (secondary N) is 1. The minimum atomic E-state index is -1.07. The maximum Gasteiger partial charge on any atom is 0.341 e. The number of nitrogens with zero attached hydrogens (tertiary/aromatic N) is 2. The van der Waals surface area contributed by atoms with E-state index in [0.29, 0.717) is 17.0 Å². The van der Waals surface area contributed by atoms with Crippen LogP contribution in [0.25, 0.3) is 0 Å². The molecule has 0 aliphatic rings.